The van der Waals surface area contributed by atoms with Crippen molar-refractivity contribution in [2.24, 2.45) is 5.92 Å². The molecule has 1 aromatic heterocycles. The molecule has 1 aliphatic carbocycles. The molecule has 1 fully saturated rings. The summed E-state index contributed by atoms with van der Waals surface area (Å²) in [7, 11) is 0. The van der Waals surface area contributed by atoms with Crippen LogP contribution in [0.4, 0.5) is 0 Å². The van der Waals surface area contributed by atoms with Gasteiger partial charge in [0.25, 0.3) is 5.91 Å². The number of carbonyl (C=O) groups excluding carboxylic acids is 1. The molecule has 6 nitrogen and oxygen atoms in total. The molecule has 1 aliphatic rings. The number of hydrogen-bond donors (Lipinski definition) is 1. The van der Waals surface area contributed by atoms with Gasteiger partial charge in [0.1, 0.15) is 11.8 Å². The number of benzene rings is 1. The quantitative estimate of drug-likeness (QED) is 0.758. The van der Waals surface area contributed by atoms with Crippen LogP contribution in [-0.4, -0.2) is 22.2 Å². The second kappa shape index (κ2) is 7.94. The molecule has 2 atom stereocenters. The van der Waals surface area contributed by atoms with Crippen molar-refractivity contribution in [3.05, 3.63) is 41.5 Å². The van der Waals surface area contributed by atoms with Gasteiger partial charge < -0.3 is 14.6 Å². The average Bonchev–Trinajstić information content (AvgIpc) is 3.36. The van der Waals surface area contributed by atoms with E-state index < -0.39 is 6.10 Å². The van der Waals surface area contributed by atoms with Crippen molar-refractivity contribution >= 4 is 5.91 Å². The highest BCUT2D eigenvalue weighted by atomic mass is 16.5. The first-order valence-corrected chi connectivity index (χ1v) is 10.1. The number of nitrogens with zero attached hydrogens (tertiary/aromatic N) is 2. The Hall–Kier alpha value is -2.37. The molecule has 0 spiro atoms. The zero-order chi connectivity index (χ0) is 20.5. The van der Waals surface area contributed by atoms with E-state index in [4.69, 9.17) is 9.26 Å². The molecule has 2 unspecified atom stereocenters. The number of aromatic nitrogens is 2. The largest absolute Gasteiger partial charge is 0.481 e. The second-order valence-corrected chi connectivity index (χ2v) is 9.03. The summed E-state index contributed by atoms with van der Waals surface area (Å²) >= 11 is 0. The molecule has 1 aromatic carbocycles. The molecule has 0 aliphatic heterocycles. The molecule has 0 radical (unpaired) electrons. The summed E-state index contributed by atoms with van der Waals surface area (Å²) in [4.78, 5) is 17.2. The molecule has 28 heavy (non-hydrogen) atoms. The van der Waals surface area contributed by atoms with Crippen molar-refractivity contribution in [2.45, 2.75) is 77.9 Å². The predicted octanol–water partition coefficient (Wildman–Crippen LogP) is 4.53. The minimum atomic E-state index is -0.637. The van der Waals surface area contributed by atoms with Gasteiger partial charge in [-0.15, -0.1) is 0 Å². The van der Waals surface area contributed by atoms with E-state index in [1.807, 2.05) is 32.0 Å². The highest BCUT2D eigenvalue weighted by Crippen LogP contribution is 2.38. The van der Waals surface area contributed by atoms with Crippen molar-refractivity contribution in [3.63, 3.8) is 0 Å². The molecule has 6 heteroatoms. The van der Waals surface area contributed by atoms with Crippen LogP contribution in [0.1, 0.15) is 83.6 Å². The Balaban J connectivity index is 1.66. The van der Waals surface area contributed by atoms with Crippen LogP contribution in [-0.2, 0) is 10.2 Å². The summed E-state index contributed by atoms with van der Waals surface area (Å²) in [5.41, 5.74) is 1.18. The molecule has 1 heterocycles. The Morgan fingerprint density at radius 1 is 1.25 bits per heavy atom. The molecule has 1 amide bonds. The highest BCUT2D eigenvalue weighted by molar-refractivity contribution is 5.81. The summed E-state index contributed by atoms with van der Waals surface area (Å²) in [6.07, 6.45) is 1.58. The molecular weight excluding hydrogens is 354 g/mol. The maximum atomic E-state index is 12.7. The number of ether oxygens (including phenoxy) is 1. The average molecular weight is 386 g/mol. The van der Waals surface area contributed by atoms with E-state index in [1.54, 1.807) is 6.92 Å². The molecule has 1 N–H and O–H groups in total. The van der Waals surface area contributed by atoms with Gasteiger partial charge in [-0.1, -0.05) is 51.9 Å². The molecule has 3 rings (SSSR count). The number of carbonyl (C=O) groups is 1. The van der Waals surface area contributed by atoms with E-state index in [2.05, 4.69) is 42.3 Å². The Morgan fingerprint density at radius 3 is 2.57 bits per heavy atom. The number of amides is 1. The van der Waals surface area contributed by atoms with Crippen molar-refractivity contribution in [2.75, 3.05) is 0 Å². The number of nitrogens with one attached hydrogen (secondary N) is 1. The third kappa shape index (κ3) is 4.91. The van der Waals surface area contributed by atoms with E-state index in [0.717, 1.165) is 24.2 Å². The zero-order valence-corrected chi connectivity index (χ0v) is 17.7. The van der Waals surface area contributed by atoms with Gasteiger partial charge in [-0.3, -0.25) is 4.79 Å². The molecule has 0 saturated heterocycles. The highest BCUT2D eigenvalue weighted by Gasteiger charge is 2.32. The normalized spacial score (nSPS) is 16.7. The van der Waals surface area contributed by atoms with Crippen LogP contribution in [0.5, 0.6) is 5.75 Å². The lowest BCUT2D eigenvalue weighted by Crippen LogP contribution is -2.40. The van der Waals surface area contributed by atoms with Gasteiger partial charge in [0, 0.05) is 5.92 Å². The fourth-order valence-electron chi connectivity index (χ4n) is 2.96. The van der Waals surface area contributed by atoms with Gasteiger partial charge in [-0.05, 0) is 48.8 Å². The van der Waals surface area contributed by atoms with Crippen LogP contribution in [0, 0.1) is 5.92 Å². The van der Waals surface area contributed by atoms with E-state index in [0.29, 0.717) is 17.6 Å². The standard InChI is InChI=1S/C22H31N3O3/c1-13(2)18(21-24-19(25-28-21)15-10-11-15)23-20(26)14(3)27-17-9-7-8-16(12-17)22(4,5)6/h7-9,12-15,18H,10-11H2,1-6H3,(H,23,26). The van der Waals surface area contributed by atoms with Crippen molar-refractivity contribution in [3.8, 4) is 5.75 Å². The maximum Gasteiger partial charge on any atom is 0.261 e. The minimum absolute atomic E-state index is 0.0187. The third-order valence-corrected chi connectivity index (χ3v) is 5.01. The van der Waals surface area contributed by atoms with Gasteiger partial charge in [0.05, 0.1) is 0 Å². The fraction of sp³-hybridized carbons (Fsp3) is 0.591. The van der Waals surface area contributed by atoms with Crippen LogP contribution in [0.15, 0.2) is 28.8 Å². The SMILES string of the molecule is CC(Oc1cccc(C(C)(C)C)c1)C(=O)NC(c1nc(C2CC2)no1)C(C)C. The van der Waals surface area contributed by atoms with Crippen LogP contribution in [0.25, 0.3) is 0 Å². The van der Waals surface area contributed by atoms with Gasteiger partial charge in [-0.25, -0.2) is 0 Å². The Bertz CT molecular complexity index is 818. The summed E-state index contributed by atoms with van der Waals surface area (Å²) in [5.74, 6) is 2.23. The van der Waals surface area contributed by atoms with Crippen LogP contribution >= 0.6 is 0 Å². The van der Waals surface area contributed by atoms with Gasteiger partial charge >= 0.3 is 0 Å². The fourth-order valence-corrected chi connectivity index (χ4v) is 2.96. The molecule has 0 bridgehead atoms. The molecular formula is C22H31N3O3. The monoisotopic (exact) mass is 385 g/mol. The predicted molar refractivity (Wildman–Crippen MR) is 107 cm³/mol. The van der Waals surface area contributed by atoms with Crippen LogP contribution in [0.3, 0.4) is 0 Å². The minimum Gasteiger partial charge on any atom is -0.481 e. The molecule has 1 saturated carbocycles. The lowest BCUT2D eigenvalue weighted by atomic mass is 9.87. The first-order valence-electron chi connectivity index (χ1n) is 10.1. The lowest BCUT2D eigenvalue weighted by Gasteiger charge is -2.23. The van der Waals surface area contributed by atoms with E-state index >= 15 is 0 Å². The van der Waals surface area contributed by atoms with Gasteiger partial charge in [-0.2, -0.15) is 4.98 Å². The summed E-state index contributed by atoms with van der Waals surface area (Å²) in [6.45, 7) is 12.2. The summed E-state index contributed by atoms with van der Waals surface area (Å²) in [5, 5.41) is 7.08. The second-order valence-electron chi connectivity index (χ2n) is 9.03. The van der Waals surface area contributed by atoms with E-state index in [-0.39, 0.29) is 23.3 Å². The van der Waals surface area contributed by atoms with Crippen LogP contribution in [0.2, 0.25) is 0 Å². The van der Waals surface area contributed by atoms with Gasteiger partial charge in [0.15, 0.2) is 11.9 Å². The smallest absolute Gasteiger partial charge is 0.261 e. The maximum absolute atomic E-state index is 12.7. The summed E-state index contributed by atoms with van der Waals surface area (Å²) in [6, 6.07) is 7.55. The zero-order valence-electron chi connectivity index (χ0n) is 17.7. The Kier molecular flexibility index (Phi) is 5.77. The van der Waals surface area contributed by atoms with Gasteiger partial charge in [0.2, 0.25) is 5.89 Å². The Morgan fingerprint density at radius 2 is 1.96 bits per heavy atom. The van der Waals surface area contributed by atoms with E-state index in [1.165, 1.54) is 0 Å². The third-order valence-electron chi connectivity index (χ3n) is 5.01. The van der Waals surface area contributed by atoms with Crippen molar-refractivity contribution in [1.82, 2.24) is 15.5 Å². The molecule has 2 aromatic rings. The topological polar surface area (TPSA) is 77.2 Å². The lowest BCUT2D eigenvalue weighted by molar-refractivity contribution is -0.128. The number of hydrogen-bond acceptors (Lipinski definition) is 5. The first-order chi connectivity index (χ1) is 13.1. The Labute approximate surface area is 167 Å². The summed E-state index contributed by atoms with van der Waals surface area (Å²) < 4.78 is 11.3. The molecule has 152 valence electrons. The van der Waals surface area contributed by atoms with Crippen LogP contribution < -0.4 is 10.1 Å². The van der Waals surface area contributed by atoms with E-state index in [9.17, 15) is 4.79 Å². The van der Waals surface area contributed by atoms with Crippen molar-refractivity contribution in [1.29, 1.82) is 0 Å². The van der Waals surface area contributed by atoms with Crippen molar-refractivity contribution < 1.29 is 14.1 Å². The first kappa shape index (κ1) is 20.4. The number of rotatable bonds is 7.